The Labute approximate surface area is 236 Å². The topological polar surface area (TPSA) is 96.5 Å². The lowest BCUT2D eigenvalue weighted by atomic mass is 9.85. The fourth-order valence-corrected chi connectivity index (χ4v) is 5.01. The first-order chi connectivity index (χ1) is 18.7. The van der Waals surface area contributed by atoms with Crippen LogP contribution in [0.3, 0.4) is 0 Å². The summed E-state index contributed by atoms with van der Waals surface area (Å²) in [5.41, 5.74) is 1.77. The highest BCUT2D eigenvalue weighted by atomic mass is 35.5. The summed E-state index contributed by atoms with van der Waals surface area (Å²) in [5.74, 6) is 8.35. The van der Waals surface area contributed by atoms with Crippen LogP contribution in [-0.2, 0) is 9.57 Å². The molecule has 1 aliphatic carbocycles. The summed E-state index contributed by atoms with van der Waals surface area (Å²) in [4.78, 5) is 32.6. The maximum absolute atomic E-state index is 13.4. The van der Waals surface area contributed by atoms with Gasteiger partial charge in [-0.05, 0) is 75.1 Å². The fourth-order valence-electron chi connectivity index (χ4n) is 4.52. The molecule has 1 heterocycles. The third-order valence-electron chi connectivity index (χ3n) is 6.47. The summed E-state index contributed by atoms with van der Waals surface area (Å²) in [6.07, 6.45) is 10.1. The van der Waals surface area contributed by atoms with Gasteiger partial charge < -0.3 is 9.57 Å². The Morgan fingerprint density at radius 1 is 1.18 bits per heavy atom. The normalized spacial score (nSPS) is 14.0. The van der Waals surface area contributed by atoms with E-state index in [9.17, 15) is 14.9 Å². The largest absolute Gasteiger partial charge is 0.441 e. The number of carbonyl (C=O) groups excluding carboxylic acids is 1. The Balaban J connectivity index is 1.70. The molecule has 0 bridgehead atoms. The van der Waals surface area contributed by atoms with Crippen molar-refractivity contribution in [2.24, 2.45) is 0 Å². The van der Waals surface area contributed by atoms with Gasteiger partial charge in [-0.3, -0.25) is 4.57 Å². The van der Waals surface area contributed by atoms with Gasteiger partial charge in [0.1, 0.15) is 12.4 Å². The van der Waals surface area contributed by atoms with E-state index in [1.165, 1.54) is 0 Å². The van der Waals surface area contributed by atoms with Gasteiger partial charge in [-0.1, -0.05) is 47.4 Å². The van der Waals surface area contributed by atoms with Gasteiger partial charge in [0.2, 0.25) is 0 Å². The van der Waals surface area contributed by atoms with Crippen LogP contribution in [0, 0.1) is 41.2 Å². The number of terminal acetylenes is 1. The van der Waals surface area contributed by atoms with Crippen LogP contribution in [0.25, 0.3) is 17.1 Å². The van der Waals surface area contributed by atoms with Crippen LogP contribution in [0.2, 0.25) is 10.0 Å². The van der Waals surface area contributed by atoms with Gasteiger partial charge in [-0.2, -0.15) is 0 Å². The third kappa shape index (κ3) is 6.54. The van der Waals surface area contributed by atoms with Gasteiger partial charge in [0.15, 0.2) is 11.3 Å². The monoisotopic (exact) mass is 565 g/mol. The van der Waals surface area contributed by atoms with Gasteiger partial charge in [0, 0.05) is 28.3 Å². The third-order valence-corrected chi connectivity index (χ3v) is 7.02. The van der Waals surface area contributed by atoms with Crippen LogP contribution in [0.1, 0.15) is 60.3 Å². The highest BCUT2D eigenvalue weighted by molar-refractivity contribution is 6.36. The summed E-state index contributed by atoms with van der Waals surface area (Å²) in [6, 6.07) is 12.3. The van der Waals surface area contributed by atoms with Crippen molar-refractivity contribution in [1.29, 1.82) is 0 Å². The van der Waals surface area contributed by atoms with Crippen LogP contribution in [0.15, 0.2) is 42.5 Å². The molecule has 1 fully saturated rings. The molecular weight excluding hydrogens is 541 g/mol. The van der Waals surface area contributed by atoms with E-state index in [1.54, 1.807) is 37.3 Å². The van der Waals surface area contributed by atoms with E-state index in [1.807, 2.05) is 16.7 Å². The quantitative estimate of drug-likeness (QED) is 0.105. The van der Waals surface area contributed by atoms with Gasteiger partial charge in [-0.15, -0.1) is 16.5 Å². The lowest BCUT2D eigenvalue weighted by Gasteiger charge is -2.31. The lowest BCUT2D eigenvalue weighted by molar-refractivity contribution is -0.757. The smallest absolute Gasteiger partial charge is 0.360 e. The van der Waals surface area contributed by atoms with Crippen molar-refractivity contribution >= 4 is 29.2 Å². The molecule has 8 nitrogen and oxygen atoms in total. The lowest BCUT2D eigenvalue weighted by Crippen LogP contribution is -2.36. The molecule has 1 aliphatic rings. The molecule has 2 aromatic carbocycles. The van der Waals surface area contributed by atoms with Crippen molar-refractivity contribution < 1.29 is 19.5 Å². The number of nitrogens with zero attached hydrogens (tertiary/aromatic N) is 3. The molecule has 0 radical (unpaired) electrons. The van der Waals surface area contributed by atoms with Crippen molar-refractivity contribution in [3.63, 3.8) is 0 Å². The molecule has 0 atom stereocenters. The molecule has 1 aromatic heterocycles. The molecular formula is C29H25Cl2N3O5. The highest BCUT2D eigenvalue weighted by Crippen LogP contribution is 2.35. The molecule has 0 aliphatic heterocycles. The number of hydrogen-bond acceptors (Lipinski definition) is 6. The van der Waals surface area contributed by atoms with Crippen molar-refractivity contribution in [2.45, 2.75) is 51.0 Å². The summed E-state index contributed by atoms with van der Waals surface area (Å²) in [5, 5.41) is 10.2. The second kappa shape index (κ2) is 12.3. The predicted molar refractivity (Wildman–Crippen MR) is 148 cm³/mol. The van der Waals surface area contributed by atoms with E-state index < -0.39 is 16.7 Å². The van der Waals surface area contributed by atoms with Gasteiger partial charge in [0.05, 0.1) is 10.7 Å². The summed E-state index contributed by atoms with van der Waals surface area (Å²) in [7, 11) is 0. The number of imidazole rings is 1. The van der Waals surface area contributed by atoms with E-state index in [4.69, 9.17) is 34.4 Å². The highest BCUT2D eigenvalue weighted by Gasteiger charge is 2.36. The van der Waals surface area contributed by atoms with Crippen molar-refractivity contribution in [1.82, 2.24) is 9.55 Å². The summed E-state index contributed by atoms with van der Waals surface area (Å²) >= 11 is 12.7. The number of ether oxygens (including phenoxy) is 1. The van der Waals surface area contributed by atoms with E-state index in [0.717, 1.165) is 19.3 Å². The Kier molecular flexibility index (Phi) is 8.81. The minimum atomic E-state index is -0.936. The van der Waals surface area contributed by atoms with Crippen molar-refractivity contribution in [3.8, 4) is 41.3 Å². The Hall–Kier alpha value is -3.98. The van der Waals surface area contributed by atoms with Gasteiger partial charge >= 0.3 is 5.97 Å². The minimum absolute atomic E-state index is 0.0998. The van der Waals surface area contributed by atoms with E-state index in [2.05, 4.69) is 27.6 Å². The first kappa shape index (κ1) is 28.0. The molecule has 0 amide bonds. The number of aromatic nitrogens is 2. The SMILES string of the molecule is C#CC1(OC(=O)c2nc(-c3ccc(Cl)cc3Cl)n(-c3ccc(C#CCCO[N+](=O)[O-])cc3)c2C)CCCCC1. The molecule has 39 heavy (non-hydrogen) atoms. The van der Waals surface area contributed by atoms with Crippen molar-refractivity contribution in [3.05, 3.63) is 79.6 Å². The Morgan fingerprint density at radius 3 is 2.54 bits per heavy atom. The first-order valence-electron chi connectivity index (χ1n) is 12.4. The van der Waals surface area contributed by atoms with Crippen LogP contribution >= 0.6 is 23.2 Å². The number of hydrogen-bond donors (Lipinski definition) is 0. The number of halogens is 2. The molecule has 0 unspecified atom stereocenters. The molecule has 200 valence electrons. The first-order valence-corrected chi connectivity index (χ1v) is 13.1. The standard InChI is InChI=1S/C29H25Cl2N3O5/c1-3-29(16-6-4-7-17-29)39-28(35)26-20(2)33(27(32-26)24-15-12-22(30)19-25(24)31)23-13-10-21(11-14-23)9-5-8-18-38-34(36)37/h1,10-15,19H,4,6-8,16-18H2,2H3. The van der Waals surface area contributed by atoms with Crippen LogP contribution in [0.4, 0.5) is 0 Å². The predicted octanol–water partition coefficient (Wildman–Crippen LogP) is 6.60. The van der Waals surface area contributed by atoms with E-state index >= 15 is 0 Å². The molecule has 4 rings (SSSR count). The van der Waals surface area contributed by atoms with E-state index in [-0.39, 0.29) is 18.7 Å². The van der Waals surface area contributed by atoms with Gasteiger partial charge in [0.25, 0.3) is 5.09 Å². The maximum Gasteiger partial charge on any atom is 0.360 e. The zero-order chi connectivity index (χ0) is 28.0. The fraction of sp³-hybridized carbons (Fsp3) is 0.310. The second-order valence-corrected chi connectivity index (χ2v) is 9.92. The molecule has 3 aromatic rings. The maximum atomic E-state index is 13.4. The average Bonchev–Trinajstić information content (AvgIpc) is 3.26. The average molecular weight is 566 g/mol. The second-order valence-electron chi connectivity index (χ2n) is 9.07. The van der Waals surface area contributed by atoms with Crippen LogP contribution in [-0.4, -0.2) is 32.8 Å². The Bertz CT molecular complexity index is 1490. The van der Waals surface area contributed by atoms with Gasteiger partial charge in [-0.25, -0.2) is 9.78 Å². The molecule has 1 saturated carbocycles. The number of rotatable bonds is 7. The number of benzene rings is 2. The zero-order valence-corrected chi connectivity index (χ0v) is 22.7. The van der Waals surface area contributed by atoms with Crippen LogP contribution < -0.4 is 0 Å². The Morgan fingerprint density at radius 2 is 1.90 bits per heavy atom. The molecule has 0 spiro atoms. The zero-order valence-electron chi connectivity index (χ0n) is 21.2. The number of carbonyl (C=O) groups is 1. The molecule has 10 heteroatoms. The summed E-state index contributed by atoms with van der Waals surface area (Å²) in [6.45, 7) is 1.68. The molecule has 0 N–H and O–H groups in total. The van der Waals surface area contributed by atoms with E-state index in [0.29, 0.717) is 51.2 Å². The van der Waals surface area contributed by atoms with Crippen molar-refractivity contribution in [2.75, 3.05) is 6.61 Å². The molecule has 0 saturated heterocycles. The number of esters is 1. The minimum Gasteiger partial charge on any atom is -0.441 e. The summed E-state index contributed by atoms with van der Waals surface area (Å²) < 4.78 is 7.72. The van der Waals surface area contributed by atoms with Crippen LogP contribution in [0.5, 0.6) is 0 Å².